The molecular weight excluding hydrogens is 356 g/mol. The number of anilines is 1. The van der Waals surface area contributed by atoms with Gasteiger partial charge < -0.3 is 14.5 Å². The van der Waals surface area contributed by atoms with E-state index in [1.165, 1.54) is 10.9 Å². The van der Waals surface area contributed by atoms with Gasteiger partial charge in [0.15, 0.2) is 11.6 Å². The van der Waals surface area contributed by atoms with Gasteiger partial charge in [-0.2, -0.15) is 9.67 Å². The molecule has 0 saturated carbocycles. The highest BCUT2D eigenvalue weighted by molar-refractivity contribution is 5.94. The van der Waals surface area contributed by atoms with Crippen molar-refractivity contribution < 1.29 is 13.9 Å². The molecule has 28 heavy (non-hydrogen) atoms. The van der Waals surface area contributed by atoms with Gasteiger partial charge in [-0.1, -0.05) is 42.5 Å². The zero-order chi connectivity index (χ0) is 19.3. The molecule has 4 rings (SSSR count). The standard InChI is InChI=1S/C21H18N4O3/c1-27-17-11-9-15(10-12-17)14-22-21-23-19(16-6-3-2-4-7-16)24-25(21)20(26)18-8-5-13-28-18/h2-13H,14H2,1H3,(H,22,23,24). The van der Waals surface area contributed by atoms with E-state index in [9.17, 15) is 4.79 Å². The molecular formula is C21H18N4O3. The number of rotatable bonds is 6. The Bertz CT molecular complexity index is 1060. The topological polar surface area (TPSA) is 82.2 Å². The SMILES string of the molecule is COc1ccc(CNc2nc(-c3ccccc3)nn2C(=O)c2ccco2)cc1. The van der Waals surface area contributed by atoms with Crippen molar-refractivity contribution in [2.45, 2.75) is 6.54 Å². The van der Waals surface area contributed by atoms with Crippen LogP contribution in [0.5, 0.6) is 5.75 Å². The van der Waals surface area contributed by atoms with E-state index in [1.807, 2.05) is 54.6 Å². The molecule has 2 aromatic carbocycles. The molecule has 4 aromatic rings. The van der Waals surface area contributed by atoms with E-state index in [1.54, 1.807) is 19.2 Å². The van der Waals surface area contributed by atoms with Crippen LogP contribution < -0.4 is 10.1 Å². The first kappa shape index (κ1) is 17.5. The minimum Gasteiger partial charge on any atom is -0.497 e. The van der Waals surface area contributed by atoms with Crippen molar-refractivity contribution in [1.82, 2.24) is 14.8 Å². The quantitative estimate of drug-likeness (QED) is 0.552. The summed E-state index contributed by atoms with van der Waals surface area (Å²) in [4.78, 5) is 17.3. The maximum Gasteiger partial charge on any atom is 0.317 e. The van der Waals surface area contributed by atoms with E-state index < -0.39 is 5.91 Å². The molecule has 1 N–H and O–H groups in total. The van der Waals surface area contributed by atoms with E-state index >= 15 is 0 Å². The first-order valence-corrected chi connectivity index (χ1v) is 8.72. The van der Waals surface area contributed by atoms with Crippen molar-refractivity contribution in [3.63, 3.8) is 0 Å². The summed E-state index contributed by atoms with van der Waals surface area (Å²) in [6.45, 7) is 0.475. The second kappa shape index (κ2) is 7.79. The molecule has 0 fully saturated rings. The molecule has 140 valence electrons. The summed E-state index contributed by atoms with van der Waals surface area (Å²) < 4.78 is 11.6. The predicted molar refractivity (Wildman–Crippen MR) is 104 cm³/mol. The third kappa shape index (κ3) is 3.64. The maximum absolute atomic E-state index is 12.8. The molecule has 2 heterocycles. The van der Waals surface area contributed by atoms with Crippen molar-refractivity contribution in [3.05, 3.63) is 84.3 Å². The summed E-state index contributed by atoms with van der Waals surface area (Å²) in [5.41, 5.74) is 1.84. The van der Waals surface area contributed by atoms with Crippen LogP contribution >= 0.6 is 0 Å². The lowest BCUT2D eigenvalue weighted by molar-refractivity contribution is 0.0919. The lowest BCUT2D eigenvalue weighted by Crippen LogP contribution is -2.17. The summed E-state index contributed by atoms with van der Waals surface area (Å²) in [6.07, 6.45) is 1.45. The minimum absolute atomic E-state index is 0.192. The lowest BCUT2D eigenvalue weighted by atomic mass is 10.2. The van der Waals surface area contributed by atoms with Crippen LogP contribution in [-0.2, 0) is 6.54 Å². The third-order valence-corrected chi connectivity index (χ3v) is 4.17. The molecule has 0 aliphatic rings. The predicted octanol–water partition coefficient (Wildman–Crippen LogP) is 3.85. The number of nitrogens with zero attached hydrogens (tertiary/aromatic N) is 3. The molecule has 7 nitrogen and oxygen atoms in total. The molecule has 0 saturated heterocycles. The molecule has 0 amide bonds. The third-order valence-electron chi connectivity index (χ3n) is 4.17. The van der Waals surface area contributed by atoms with Crippen LogP contribution in [0.2, 0.25) is 0 Å². The van der Waals surface area contributed by atoms with Crippen molar-refractivity contribution in [2.24, 2.45) is 0 Å². The highest BCUT2D eigenvalue weighted by atomic mass is 16.5. The van der Waals surface area contributed by atoms with Crippen LogP contribution in [0.15, 0.2) is 77.4 Å². The van der Waals surface area contributed by atoms with Gasteiger partial charge in [0.05, 0.1) is 13.4 Å². The van der Waals surface area contributed by atoms with Crippen molar-refractivity contribution in [2.75, 3.05) is 12.4 Å². The highest BCUT2D eigenvalue weighted by Crippen LogP contribution is 2.20. The molecule has 0 atom stereocenters. The van der Waals surface area contributed by atoms with Crippen molar-refractivity contribution in [3.8, 4) is 17.1 Å². The Balaban J connectivity index is 1.63. The van der Waals surface area contributed by atoms with Crippen LogP contribution in [-0.4, -0.2) is 27.8 Å². The van der Waals surface area contributed by atoms with Gasteiger partial charge in [-0.05, 0) is 29.8 Å². The fourth-order valence-corrected chi connectivity index (χ4v) is 2.71. The van der Waals surface area contributed by atoms with E-state index in [2.05, 4.69) is 15.4 Å². The second-order valence-corrected chi connectivity index (χ2v) is 6.02. The van der Waals surface area contributed by atoms with Crippen LogP contribution in [0.25, 0.3) is 11.4 Å². The lowest BCUT2D eigenvalue weighted by Gasteiger charge is -2.07. The highest BCUT2D eigenvalue weighted by Gasteiger charge is 2.20. The van der Waals surface area contributed by atoms with Crippen molar-refractivity contribution in [1.29, 1.82) is 0 Å². The number of ether oxygens (including phenoxy) is 1. The van der Waals surface area contributed by atoms with Gasteiger partial charge in [-0.15, -0.1) is 5.10 Å². The van der Waals surface area contributed by atoms with E-state index in [-0.39, 0.29) is 5.76 Å². The summed E-state index contributed by atoms with van der Waals surface area (Å²) in [7, 11) is 1.63. The maximum atomic E-state index is 12.8. The Morgan fingerprint density at radius 1 is 1.07 bits per heavy atom. The second-order valence-electron chi connectivity index (χ2n) is 6.02. The monoisotopic (exact) mass is 374 g/mol. The summed E-state index contributed by atoms with van der Waals surface area (Å²) in [5.74, 6) is 1.38. The number of nitrogens with one attached hydrogen (secondary N) is 1. The van der Waals surface area contributed by atoms with Gasteiger partial charge in [0, 0.05) is 12.1 Å². The van der Waals surface area contributed by atoms with Gasteiger partial charge in [0.25, 0.3) is 0 Å². The van der Waals surface area contributed by atoms with E-state index in [0.29, 0.717) is 18.3 Å². The number of hydrogen-bond donors (Lipinski definition) is 1. The van der Waals surface area contributed by atoms with Gasteiger partial charge in [-0.25, -0.2) is 0 Å². The zero-order valence-corrected chi connectivity index (χ0v) is 15.2. The number of aromatic nitrogens is 3. The Morgan fingerprint density at radius 2 is 1.86 bits per heavy atom. The summed E-state index contributed by atoms with van der Waals surface area (Å²) in [5, 5.41) is 7.58. The molecule has 2 aromatic heterocycles. The normalized spacial score (nSPS) is 10.6. The van der Waals surface area contributed by atoms with Crippen LogP contribution in [0.3, 0.4) is 0 Å². The van der Waals surface area contributed by atoms with Crippen LogP contribution in [0, 0.1) is 0 Å². The summed E-state index contributed by atoms with van der Waals surface area (Å²) >= 11 is 0. The van der Waals surface area contributed by atoms with Crippen molar-refractivity contribution >= 4 is 11.9 Å². The van der Waals surface area contributed by atoms with E-state index in [0.717, 1.165) is 16.9 Å². The fraction of sp³-hybridized carbons (Fsp3) is 0.0952. The number of methoxy groups -OCH3 is 1. The first-order chi connectivity index (χ1) is 13.7. The Labute approximate surface area is 161 Å². The Hall–Kier alpha value is -3.87. The number of carbonyl (C=O) groups excluding carboxylic acids is 1. The molecule has 0 spiro atoms. The fourth-order valence-electron chi connectivity index (χ4n) is 2.71. The number of benzene rings is 2. The largest absolute Gasteiger partial charge is 0.497 e. The Morgan fingerprint density at radius 3 is 2.54 bits per heavy atom. The van der Waals surface area contributed by atoms with Crippen LogP contribution in [0.1, 0.15) is 16.1 Å². The zero-order valence-electron chi connectivity index (χ0n) is 15.2. The van der Waals surface area contributed by atoms with Gasteiger partial charge in [0.1, 0.15) is 5.75 Å². The molecule has 0 radical (unpaired) electrons. The molecule has 0 aliphatic heterocycles. The molecule has 0 bridgehead atoms. The van der Waals surface area contributed by atoms with Gasteiger partial charge in [0.2, 0.25) is 5.95 Å². The average molecular weight is 374 g/mol. The number of furan rings is 1. The molecule has 0 unspecified atom stereocenters. The van der Waals surface area contributed by atoms with E-state index in [4.69, 9.17) is 9.15 Å². The number of hydrogen-bond acceptors (Lipinski definition) is 6. The first-order valence-electron chi connectivity index (χ1n) is 8.72. The molecule has 7 heteroatoms. The average Bonchev–Trinajstić information content (AvgIpc) is 3.43. The number of carbonyl (C=O) groups is 1. The van der Waals surface area contributed by atoms with Crippen LogP contribution in [0.4, 0.5) is 5.95 Å². The summed E-state index contributed by atoms with van der Waals surface area (Å²) in [6, 6.07) is 20.4. The minimum atomic E-state index is -0.392. The van der Waals surface area contributed by atoms with Gasteiger partial charge >= 0.3 is 5.91 Å². The Kier molecular flexibility index (Phi) is 4.88. The smallest absolute Gasteiger partial charge is 0.317 e. The van der Waals surface area contributed by atoms with Gasteiger partial charge in [-0.3, -0.25) is 4.79 Å². The molecule has 0 aliphatic carbocycles.